The lowest BCUT2D eigenvalue weighted by Crippen LogP contribution is -1.59. The molecule has 7 heavy (non-hydrogen) atoms. The largest absolute Gasteiger partial charge is 0.242 e. The molecule has 0 heterocycles. The van der Waals surface area contributed by atoms with Crippen molar-refractivity contribution < 1.29 is 0 Å². The molecule has 1 aliphatic carbocycles. The SMILES string of the molecule is [C-]#[N+]C1=CC=CC1. The third-order valence-corrected chi connectivity index (χ3v) is 0.895. The summed E-state index contributed by atoms with van der Waals surface area (Å²) in [5.74, 6) is 0. The van der Waals surface area contributed by atoms with Gasteiger partial charge in [0, 0.05) is 0 Å². The molecule has 1 heteroatoms. The van der Waals surface area contributed by atoms with Crippen molar-refractivity contribution in [2.75, 3.05) is 0 Å². The van der Waals surface area contributed by atoms with Crippen LogP contribution in [0.5, 0.6) is 0 Å². The second-order valence-electron chi connectivity index (χ2n) is 1.40. The lowest BCUT2D eigenvalue weighted by molar-refractivity contribution is 1.33. The molecule has 0 bridgehead atoms. The van der Waals surface area contributed by atoms with Gasteiger partial charge in [0.2, 0.25) is 0 Å². The minimum absolute atomic E-state index is 0.837. The van der Waals surface area contributed by atoms with Gasteiger partial charge in [0.1, 0.15) is 0 Å². The molecule has 1 aliphatic rings. The quantitative estimate of drug-likeness (QED) is 0.400. The summed E-state index contributed by atoms with van der Waals surface area (Å²) >= 11 is 0. The topological polar surface area (TPSA) is 4.36 Å². The van der Waals surface area contributed by atoms with Crippen molar-refractivity contribution in [3.63, 3.8) is 0 Å². The van der Waals surface area contributed by atoms with Gasteiger partial charge in [-0.3, -0.25) is 0 Å². The van der Waals surface area contributed by atoms with Gasteiger partial charge in [0.15, 0.2) is 5.70 Å². The highest BCUT2D eigenvalue weighted by Gasteiger charge is 1.93. The van der Waals surface area contributed by atoms with E-state index in [9.17, 15) is 0 Å². The zero-order valence-electron chi connectivity index (χ0n) is 3.89. The van der Waals surface area contributed by atoms with Crippen LogP contribution >= 0.6 is 0 Å². The zero-order chi connectivity index (χ0) is 5.11. The van der Waals surface area contributed by atoms with Crippen molar-refractivity contribution in [3.05, 3.63) is 35.3 Å². The summed E-state index contributed by atoms with van der Waals surface area (Å²) in [6.07, 6.45) is 6.57. The molecule has 0 spiro atoms. The minimum atomic E-state index is 0.837. The normalized spacial score (nSPS) is 16.1. The molecule has 0 aromatic carbocycles. The van der Waals surface area contributed by atoms with Crippen LogP contribution in [-0.4, -0.2) is 0 Å². The molecule has 0 aliphatic heterocycles. The van der Waals surface area contributed by atoms with Crippen LogP contribution in [0.1, 0.15) is 6.42 Å². The van der Waals surface area contributed by atoms with Crippen molar-refractivity contribution >= 4 is 0 Å². The second-order valence-corrected chi connectivity index (χ2v) is 1.40. The van der Waals surface area contributed by atoms with Crippen LogP contribution < -0.4 is 0 Å². The Kier molecular flexibility index (Phi) is 0.953. The fraction of sp³-hybridized carbons (Fsp3) is 0.167. The van der Waals surface area contributed by atoms with Crippen molar-refractivity contribution in [3.8, 4) is 0 Å². The summed E-state index contributed by atoms with van der Waals surface area (Å²) in [6.45, 7) is 6.52. The molecule has 0 saturated heterocycles. The molecule has 0 saturated carbocycles. The molecule has 0 aromatic rings. The van der Waals surface area contributed by atoms with Crippen LogP contribution in [0.2, 0.25) is 0 Å². The van der Waals surface area contributed by atoms with E-state index in [0.717, 1.165) is 12.1 Å². The van der Waals surface area contributed by atoms with E-state index in [4.69, 9.17) is 6.57 Å². The molecule has 0 fully saturated rings. The first-order chi connectivity index (χ1) is 3.43. The predicted octanol–water partition coefficient (Wildman–Crippen LogP) is 1.75. The van der Waals surface area contributed by atoms with E-state index in [1.165, 1.54) is 0 Å². The third kappa shape index (κ3) is 0.690. The molecule has 0 aromatic heterocycles. The highest BCUT2D eigenvalue weighted by Crippen LogP contribution is 2.09. The van der Waals surface area contributed by atoms with E-state index in [0.29, 0.717) is 0 Å². The van der Waals surface area contributed by atoms with Gasteiger partial charge in [-0.25, -0.2) is 4.85 Å². The summed E-state index contributed by atoms with van der Waals surface area (Å²) in [5.41, 5.74) is 0.847. The third-order valence-electron chi connectivity index (χ3n) is 0.895. The van der Waals surface area contributed by atoms with Crippen LogP contribution in [0.15, 0.2) is 23.9 Å². The average Bonchev–Trinajstić information content (AvgIpc) is 2.14. The molecule has 1 nitrogen and oxygen atoms in total. The second kappa shape index (κ2) is 1.61. The molecule has 0 N–H and O–H groups in total. The molecule has 0 amide bonds. The van der Waals surface area contributed by atoms with Crippen molar-refractivity contribution in [1.29, 1.82) is 0 Å². The van der Waals surface area contributed by atoms with Crippen molar-refractivity contribution in [2.45, 2.75) is 6.42 Å². The Balaban J connectivity index is 2.67. The first-order valence-corrected chi connectivity index (χ1v) is 2.16. The lowest BCUT2D eigenvalue weighted by Gasteiger charge is -1.75. The molecular formula is C6H5N. The van der Waals surface area contributed by atoms with Crippen LogP contribution in [0.3, 0.4) is 0 Å². The van der Waals surface area contributed by atoms with Gasteiger partial charge in [0.05, 0.1) is 6.57 Å². The van der Waals surface area contributed by atoms with Crippen molar-refractivity contribution in [1.82, 2.24) is 0 Å². The van der Waals surface area contributed by atoms with Crippen molar-refractivity contribution in [2.24, 2.45) is 0 Å². The number of nitrogens with zero attached hydrogens (tertiary/aromatic N) is 1. The van der Waals surface area contributed by atoms with E-state index >= 15 is 0 Å². The first kappa shape index (κ1) is 4.14. The summed E-state index contributed by atoms with van der Waals surface area (Å²) in [6, 6.07) is 0. The Labute approximate surface area is 42.8 Å². The Morgan fingerprint density at radius 3 is 2.86 bits per heavy atom. The number of hydrogen-bond donors (Lipinski definition) is 0. The standard InChI is InChI=1S/C6H5N/c1-7-6-4-2-3-5-6/h2-4H,5H2. The van der Waals surface area contributed by atoms with Crippen LogP contribution in [0.4, 0.5) is 0 Å². The van der Waals surface area contributed by atoms with Crippen LogP contribution in [0.25, 0.3) is 4.85 Å². The fourth-order valence-electron chi connectivity index (χ4n) is 0.519. The molecule has 0 unspecified atom stereocenters. The smallest absolute Gasteiger partial charge is 0.169 e. The van der Waals surface area contributed by atoms with E-state index in [-0.39, 0.29) is 0 Å². The maximum absolute atomic E-state index is 6.52. The minimum Gasteiger partial charge on any atom is -0.242 e. The van der Waals surface area contributed by atoms with E-state index in [2.05, 4.69) is 4.85 Å². The fourth-order valence-corrected chi connectivity index (χ4v) is 0.519. The van der Waals surface area contributed by atoms with Gasteiger partial charge in [-0.1, -0.05) is 18.2 Å². The van der Waals surface area contributed by atoms with Crippen LogP contribution in [0, 0.1) is 6.57 Å². The van der Waals surface area contributed by atoms with Gasteiger partial charge in [-0.15, -0.1) is 0 Å². The number of allylic oxidation sites excluding steroid dienone is 3. The Morgan fingerprint density at radius 1 is 1.71 bits per heavy atom. The summed E-state index contributed by atoms with van der Waals surface area (Å²) in [5, 5.41) is 0. The number of rotatable bonds is 0. The van der Waals surface area contributed by atoms with Gasteiger partial charge in [0.25, 0.3) is 0 Å². The highest BCUT2D eigenvalue weighted by molar-refractivity contribution is 5.26. The van der Waals surface area contributed by atoms with Gasteiger partial charge in [-0.2, -0.15) is 0 Å². The molecule has 0 atom stereocenters. The molecule has 34 valence electrons. The maximum atomic E-state index is 6.52. The summed E-state index contributed by atoms with van der Waals surface area (Å²) < 4.78 is 0. The van der Waals surface area contributed by atoms with E-state index < -0.39 is 0 Å². The van der Waals surface area contributed by atoms with E-state index in [1.807, 2.05) is 18.2 Å². The zero-order valence-corrected chi connectivity index (χ0v) is 3.89. The number of hydrogen-bond acceptors (Lipinski definition) is 0. The molecular weight excluding hydrogens is 86.1 g/mol. The Hall–Kier alpha value is -1.03. The highest BCUT2D eigenvalue weighted by atomic mass is 14.7. The Bertz CT molecular complexity index is 158. The predicted molar refractivity (Wildman–Crippen MR) is 28.4 cm³/mol. The maximum Gasteiger partial charge on any atom is 0.169 e. The van der Waals surface area contributed by atoms with Gasteiger partial charge in [-0.05, 0) is 6.42 Å². The average molecular weight is 91.1 g/mol. The van der Waals surface area contributed by atoms with E-state index in [1.54, 1.807) is 0 Å². The summed E-state index contributed by atoms with van der Waals surface area (Å²) in [7, 11) is 0. The van der Waals surface area contributed by atoms with Gasteiger partial charge >= 0.3 is 0 Å². The van der Waals surface area contributed by atoms with Gasteiger partial charge < -0.3 is 0 Å². The first-order valence-electron chi connectivity index (χ1n) is 2.16. The van der Waals surface area contributed by atoms with Crippen LogP contribution in [-0.2, 0) is 0 Å². The molecule has 0 radical (unpaired) electrons. The lowest BCUT2D eigenvalue weighted by atomic mass is 10.4. The monoisotopic (exact) mass is 91.0 g/mol. The molecule has 1 rings (SSSR count). The Morgan fingerprint density at radius 2 is 2.57 bits per heavy atom. The summed E-state index contributed by atoms with van der Waals surface area (Å²) in [4.78, 5) is 3.24.